The third-order valence-corrected chi connectivity index (χ3v) is 6.87. The van der Waals surface area contributed by atoms with Crippen LogP contribution in [-0.4, -0.2) is 43.3 Å². The summed E-state index contributed by atoms with van der Waals surface area (Å²) in [6.07, 6.45) is 3.40. The number of rotatable bonds is 8. The van der Waals surface area contributed by atoms with Crippen molar-refractivity contribution in [1.29, 1.82) is 0 Å². The molecule has 0 aromatic heterocycles. The van der Waals surface area contributed by atoms with E-state index in [1.807, 2.05) is 4.90 Å². The average Bonchev–Trinajstić information content (AvgIpc) is 2.75. The van der Waals surface area contributed by atoms with Crippen LogP contribution in [0.3, 0.4) is 0 Å². The first-order valence-corrected chi connectivity index (χ1v) is 12.1. The molecule has 0 amide bonds. The number of hydrogen-bond acceptors (Lipinski definition) is 5. The fourth-order valence-corrected chi connectivity index (χ4v) is 5.20. The van der Waals surface area contributed by atoms with Crippen LogP contribution in [0, 0.1) is 11.6 Å². The summed E-state index contributed by atoms with van der Waals surface area (Å²) in [5, 5.41) is 0. The van der Waals surface area contributed by atoms with Gasteiger partial charge < -0.3 is 9.05 Å². The van der Waals surface area contributed by atoms with E-state index >= 15 is 0 Å². The third kappa shape index (κ3) is 6.53. The van der Waals surface area contributed by atoms with Crippen molar-refractivity contribution in [3.8, 4) is 0 Å². The van der Waals surface area contributed by atoms with Crippen molar-refractivity contribution in [3.63, 3.8) is 0 Å². The number of benzene rings is 2. The lowest BCUT2D eigenvalue weighted by molar-refractivity contribution is -0.113. The van der Waals surface area contributed by atoms with Gasteiger partial charge in [0.2, 0.25) is 0 Å². The molecule has 0 unspecified atom stereocenters. The number of piperidine rings is 1. The Morgan fingerprint density at radius 3 is 1.62 bits per heavy atom. The molecule has 1 aliphatic heterocycles. The second kappa shape index (κ2) is 10.9. The molecule has 0 aliphatic carbocycles. The Labute approximate surface area is 186 Å². The van der Waals surface area contributed by atoms with Gasteiger partial charge in [-0.15, -0.1) is 0 Å². The fourth-order valence-electron chi connectivity index (χ4n) is 3.49. The lowest BCUT2D eigenvalue weighted by Crippen LogP contribution is -2.38. The quantitative estimate of drug-likeness (QED) is 0.382. The van der Waals surface area contributed by atoms with Gasteiger partial charge in [0.15, 0.2) is 5.78 Å². The number of Topliss-reactive ketones (excluding diaryl/α,β-unsaturated/α-hetero) is 1. The molecule has 0 N–H and O–H groups in total. The van der Waals surface area contributed by atoms with E-state index in [1.54, 1.807) is 50.3 Å². The van der Waals surface area contributed by atoms with Crippen molar-refractivity contribution in [3.05, 3.63) is 82.4 Å². The van der Waals surface area contributed by atoms with Gasteiger partial charge in [0.05, 0.1) is 13.2 Å². The van der Waals surface area contributed by atoms with Crippen molar-refractivity contribution < 1.29 is 27.2 Å². The van der Waals surface area contributed by atoms with Crippen LogP contribution in [0.1, 0.15) is 25.0 Å². The highest BCUT2D eigenvalue weighted by atomic mass is 31.2. The number of halogens is 2. The first kappa shape index (κ1) is 24.2. The highest BCUT2D eigenvalue weighted by Crippen LogP contribution is 2.49. The molecule has 0 bridgehead atoms. The van der Waals surface area contributed by atoms with Gasteiger partial charge in [-0.25, -0.2) is 8.78 Å². The maximum Gasteiger partial charge on any atom is 0.344 e. The topological polar surface area (TPSA) is 55.8 Å². The standard InChI is InChI=1S/C24H26F2NO4P/c1-3-30-32(29,31-4-2)17-27-15-20(13-18-5-9-22(25)10-6-18)24(28)21(16-27)14-19-7-11-23(26)12-8-19/h5-14H,3-4,15-17H2,1-2H3/b20-13+,21-14+. The number of carbonyl (C=O) groups is 1. The number of likely N-dealkylation sites (tertiary alicyclic amines) is 1. The Morgan fingerprint density at radius 1 is 0.844 bits per heavy atom. The number of carbonyl (C=O) groups excluding carboxylic acids is 1. The highest BCUT2D eigenvalue weighted by molar-refractivity contribution is 7.53. The summed E-state index contributed by atoms with van der Waals surface area (Å²) in [4.78, 5) is 15.0. The summed E-state index contributed by atoms with van der Waals surface area (Å²) in [6.45, 7) is 4.43. The molecule has 1 aliphatic rings. The van der Waals surface area contributed by atoms with Crippen molar-refractivity contribution in [2.45, 2.75) is 13.8 Å². The lowest BCUT2D eigenvalue weighted by atomic mass is 9.94. The summed E-state index contributed by atoms with van der Waals surface area (Å²) < 4.78 is 50.5. The van der Waals surface area contributed by atoms with Crippen LogP contribution in [0.4, 0.5) is 8.78 Å². The molecule has 2 aromatic carbocycles. The summed E-state index contributed by atoms with van der Waals surface area (Å²) in [5.74, 6) is -0.900. The normalized spacial score (nSPS) is 17.9. The Kier molecular flexibility index (Phi) is 8.26. The molecular formula is C24H26F2NO4P. The summed E-state index contributed by atoms with van der Waals surface area (Å²) in [7, 11) is -3.38. The van der Waals surface area contributed by atoms with E-state index in [-0.39, 0.29) is 50.0 Å². The van der Waals surface area contributed by atoms with Crippen molar-refractivity contribution in [1.82, 2.24) is 4.90 Å². The molecule has 0 saturated carbocycles. The third-order valence-electron chi connectivity index (χ3n) is 4.82. The van der Waals surface area contributed by atoms with Crippen LogP contribution in [-0.2, 0) is 18.4 Å². The van der Waals surface area contributed by atoms with Gasteiger partial charge in [-0.05, 0) is 61.4 Å². The number of nitrogens with zero attached hydrogens (tertiary/aromatic N) is 1. The van der Waals surface area contributed by atoms with Crippen LogP contribution < -0.4 is 0 Å². The van der Waals surface area contributed by atoms with Crippen molar-refractivity contribution in [2.75, 3.05) is 32.6 Å². The van der Waals surface area contributed by atoms with Crippen LogP contribution in [0.15, 0.2) is 59.7 Å². The maximum absolute atomic E-state index is 13.3. The van der Waals surface area contributed by atoms with Crippen LogP contribution in [0.2, 0.25) is 0 Å². The molecule has 5 nitrogen and oxygen atoms in total. The predicted molar refractivity (Wildman–Crippen MR) is 121 cm³/mol. The first-order chi connectivity index (χ1) is 15.3. The molecule has 1 fully saturated rings. The SMILES string of the molecule is CCOP(=O)(CN1C/C(=C\c2ccc(F)cc2)C(=O)/C(=C/c2ccc(F)cc2)C1)OCC. The molecule has 0 spiro atoms. The van der Waals surface area contributed by atoms with E-state index in [0.29, 0.717) is 22.3 Å². The van der Waals surface area contributed by atoms with E-state index in [1.165, 1.54) is 24.3 Å². The van der Waals surface area contributed by atoms with Gasteiger partial charge in [-0.1, -0.05) is 24.3 Å². The molecule has 3 rings (SSSR count). The molecule has 170 valence electrons. The second-order valence-corrected chi connectivity index (χ2v) is 9.37. The lowest BCUT2D eigenvalue weighted by Gasteiger charge is -2.32. The Bertz CT molecular complexity index is 971. The van der Waals surface area contributed by atoms with Gasteiger partial charge in [0.1, 0.15) is 17.9 Å². The molecule has 32 heavy (non-hydrogen) atoms. The monoisotopic (exact) mass is 461 g/mol. The second-order valence-electron chi connectivity index (χ2n) is 7.35. The minimum atomic E-state index is -3.38. The average molecular weight is 461 g/mol. The largest absolute Gasteiger partial charge is 0.344 e. The van der Waals surface area contributed by atoms with Crippen LogP contribution in [0.25, 0.3) is 12.2 Å². The molecule has 8 heteroatoms. The van der Waals surface area contributed by atoms with Crippen molar-refractivity contribution >= 4 is 25.5 Å². The minimum absolute atomic E-state index is 0.0173. The van der Waals surface area contributed by atoms with Gasteiger partial charge in [-0.2, -0.15) is 0 Å². The van der Waals surface area contributed by atoms with E-state index < -0.39 is 7.60 Å². The molecule has 0 radical (unpaired) electrons. The fraction of sp³-hybridized carbons (Fsp3) is 0.292. The Balaban J connectivity index is 1.95. The van der Waals surface area contributed by atoms with E-state index in [2.05, 4.69) is 0 Å². The van der Waals surface area contributed by atoms with Gasteiger partial charge in [0.25, 0.3) is 0 Å². The van der Waals surface area contributed by atoms with Crippen LogP contribution in [0.5, 0.6) is 0 Å². The molecule has 2 aromatic rings. The van der Waals surface area contributed by atoms with E-state index in [0.717, 1.165) is 0 Å². The Hall–Kier alpha value is -2.44. The van der Waals surface area contributed by atoms with E-state index in [4.69, 9.17) is 9.05 Å². The molecule has 1 heterocycles. The van der Waals surface area contributed by atoms with Gasteiger partial charge in [-0.3, -0.25) is 14.3 Å². The minimum Gasteiger partial charge on any atom is -0.308 e. The smallest absolute Gasteiger partial charge is 0.308 e. The summed E-state index contributed by atoms with van der Waals surface area (Å²) in [5.41, 5.74) is 2.29. The summed E-state index contributed by atoms with van der Waals surface area (Å²) in [6, 6.07) is 11.6. The van der Waals surface area contributed by atoms with Gasteiger partial charge in [0, 0.05) is 24.2 Å². The number of ketones is 1. The molecule has 0 atom stereocenters. The first-order valence-electron chi connectivity index (χ1n) is 10.4. The highest BCUT2D eigenvalue weighted by Gasteiger charge is 2.33. The predicted octanol–water partition coefficient (Wildman–Crippen LogP) is 5.54. The van der Waals surface area contributed by atoms with E-state index in [9.17, 15) is 18.1 Å². The Morgan fingerprint density at radius 2 is 1.25 bits per heavy atom. The van der Waals surface area contributed by atoms with Crippen LogP contribution >= 0.6 is 7.60 Å². The zero-order valence-electron chi connectivity index (χ0n) is 18.1. The van der Waals surface area contributed by atoms with Crippen molar-refractivity contribution in [2.24, 2.45) is 0 Å². The zero-order valence-corrected chi connectivity index (χ0v) is 19.0. The number of hydrogen-bond donors (Lipinski definition) is 0. The molecular weight excluding hydrogens is 435 g/mol. The summed E-state index contributed by atoms with van der Waals surface area (Å²) >= 11 is 0. The maximum atomic E-state index is 13.3. The zero-order chi connectivity index (χ0) is 23.1. The van der Waals surface area contributed by atoms with Gasteiger partial charge >= 0.3 is 7.60 Å². The molecule has 1 saturated heterocycles.